The molecule has 0 heterocycles. The Kier molecular flexibility index (Phi) is 13.3. The molecule has 0 radical (unpaired) electrons. The zero-order chi connectivity index (χ0) is 23.9. The summed E-state index contributed by atoms with van der Waals surface area (Å²) in [5.41, 5.74) is -2.03. The van der Waals surface area contributed by atoms with Gasteiger partial charge in [0.25, 0.3) is 20.3 Å². The third-order valence-electron chi connectivity index (χ3n) is 2.65. The molecule has 0 bridgehead atoms. The van der Waals surface area contributed by atoms with Gasteiger partial charge in [0, 0.05) is 0 Å². The molecule has 2 atom stereocenters. The van der Waals surface area contributed by atoms with Crippen LogP contribution in [-0.4, -0.2) is 86.0 Å². The highest BCUT2D eigenvalue weighted by atomic mass is 17.0. The molecule has 0 aliphatic rings. The first-order valence-electron chi connectivity index (χ1n) is 6.96. The lowest BCUT2D eigenvalue weighted by Gasteiger charge is -2.28. The second-order valence-corrected chi connectivity index (χ2v) is 4.94. The summed E-state index contributed by atoms with van der Waals surface area (Å²) < 4.78 is 0. The average Bonchev–Trinajstić information content (AvgIpc) is 2.65. The van der Waals surface area contributed by atoms with Crippen LogP contribution in [0.4, 0.5) is 0 Å². The maximum atomic E-state index is 10.1. The molecule has 0 saturated heterocycles. The van der Waals surface area contributed by atoms with E-state index in [0.29, 0.717) is 0 Å². The highest BCUT2D eigenvalue weighted by Crippen LogP contribution is 2.21. The van der Waals surface area contributed by atoms with Gasteiger partial charge in [-0.15, -0.1) is 40.5 Å². The number of aliphatic hydroxyl groups is 3. The first kappa shape index (κ1) is 28.3. The predicted molar refractivity (Wildman–Crippen MR) is 80.3 cm³/mol. The molecule has 0 aliphatic carbocycles. The lowest BCUT2D eigenvalue weighted by atomic mass is 9.92. The minimum atomic E-state index is -2.09. The van der Waals surface area contributed by atoms with Crippen molar-refractivity contribution in [1.29, 1.82) is 0 Å². The number of hydrogen-bond acceptors (Lipinski definition) is 17. The summed E-state index contributed by atoms with van der Waals surface area (Å²) >= 11 is 0. The smallest absolute Gasteiger partial charge is 0.341 e. The second kappa shape index (κ2) is 14.1. The highest BCUT2D eigenvalue weighted by molar-refractivity contribution is 4.77. The summed E-state index contributed by atoms with van der Waals surface area (Å²) in [6.45, 7) is -4.95. The van der Waals surface area contributed by atoms with E-state index >= 15 is 0 Å². The molecule has 3 N–H and O–H groups in total. The molecule has 0 aromatic heterocycles. The molecule has 0 rings (SSSR count). The summed E-state index contributed by atoms with van der Waals surface area (Å²) in [6.07, 6.45) is -3.78. The van der Waals surface area contributed by atoms with E-state index in [1.54, 1.807) is 0 Å². The molecule has 0 spiro atoms. The first-order chi connectivity index (χ1) is 13.8. The van der Waals surface area contributed by atoms with Gasteiger partial charge in [-0.2, -0.15) is 0 Å². The maximum Gasteiger partial charge on any atom is 0.341 e. The summed E-state index contributed by atoms with van der Waals surface area (Å²) in [6, 6.07) is 0. The molecule has 0 saturated carbocycles. The van der Waals surface area contributed by atoms with E-state index < -0.39 is 76.1 Å². The number of nitrogens with zero attached hydrogens (tertiary/aromatic N) is 5. The van der Waals surface area contributed by atoms with Crippen molar-refractivity contribution in [2.45, 2.75) is 12.3 Å². The zero-order valence-electron chi connectivity index (χ0n) is 14.5. The fraction of sp³-hybridized carbons (Fsp3) is 1.00. The first-order valence-corrected chi connectivity index (χ1v) is 6.96. The van der Waals surface area contributed by atoms with E-state index in [-0.39, 0.29) is 0 Å². The Morgan fingerprint density at radius 3 is 1.07 bits per heavy atom. The van der Waals surface area contributed by atoms with Gasteiger partial charge in [0.2, 0.25) is 0 Å². The van der Waals surface area contributed by atoms with Crippen LogP contribution in [0.25, 0.3) is 0 Å². The van der Waals surface area contributed by atoms with Crippen LogP contribution in [0.5, 0.6) is 0 Å². The van der Waals surface area contributed by atoms with E-state index in [4.69, 9.17) is 15.3 Å². The molecular formula is C8H15N5O17. The van der Waals surface area contributed by atoms with Crippen LogP contribution >= 0.6 is 0 Å². The Balaban J connectivity index is 0. The van der Waals surface area contributed by atoms with Crippen LogP contribution < -0.4 is 0 Å². The molecule has 0 amide bonds. The maximum absolute atomic E-state index is 10.1. The van der Waals surface area contributed by atoms with E-state index in [1.165, 1.54) is 0 Å². The van der Waals surface area contributed by atoms with Gasteiger partial charge in [-0.1, -0.05) is 0 Å². The summed E-state index contributed by atoms with van der Waals surface area (Å²) in [5.74, 6) is 0. The minimum absolute atomic E-state index is 0.817. The Morgan fingerprint density at radius 2 is 0.933 bits per heavy atom. The summed E-state index contributed by atoms with van der Waals surface area (Å²) in [4.78, 5) is 64.7. The van der Waals surface area contributed by atoms with Crippen LogP contribution in [0.1, 0.15) is 0 Å². The summed E-state index contributed by atoms with van der Waals surface area (Å²) in [7, 11) is 0. The van der Waals surface area contributed by atoms with Crippen LogP contribution in [0.15, 0.2) is 0 Å². The molecule has 22 nitrogen and oxygen atoms in total. The van der Waals surface area contributed by atoms with Gasteiger partial charge in [-0.25, -0.2) is 0 Å². The Morgan fingerprint density at radius 1 is 0.667 bits per heavy atom. The highest BCUT2D eigenvalue weighted by Gasteiger charge is 2.37. The average molecular weight is 453 g/mol. The normalized spacial score (nSPS) is 12.2. The van der Waals surface area contributed by atoms with E-state index in [9.17, 15) is 50.6 Å². The van der Waals surface area contributed by atoms with Crippen molar-refractivity contribution < 1.29 is 59.9 Å². The molecule has 174 valence electrons. The standard InChI is InChI=1S/C5H8N4O12.C3H7NO5/c10-6(11)18-1-5(2-19-7(12)13,3-20-8(14)15)4-21-9(16)17;5-1-2(6)3(7)4(8)9/h1-4H2;2-3,5-7H,1H2. The van der Waals surface area contributed by atoms with Gasteiger partial charge in [-0.05, 0) is 0 Å². The van der Waals surface area contributed by atoms with Crippen LogP contribution in [0.3, 0.4) is 0 Å². The van der Waals surface area contributed by atoms with Gasteiger partial charge in [0.1, 0.15) is 26.4 Å². The number of hydrogen-bond donors (Lipinski definition) is 3. The van der Waals surface area contributed by atoms with Crippen LogP contribution in [0, 0.1) is 56.0 Å². The molecule has 0 aromatic carbocycles. The van der Waals surface area contributed by atoms with Crippen LogP contribution in [-0.2, 0) is 19.4 Å². The Bertz CT molecular complexity index is 521. The molecule has 0 fully saturated rings. The van der Waals surface area contributed by atoms with Crippen molar-refractivity contribution in [1.82, 2.24) is 0 Å². The topological polar surface area (TPSA) is 313 Å². The minimum Gasteiger partial charge on any atom is -0.393 e. The quantitative estimate of drug-likeness (QED) is 0.124. The van der Waals surface area contributed by atoms with Gasteiger partial charge in [-0.3, -0.25) is 10.1 Å². The van der Waals surface area contributed by atoms with Gasteiger partial charge < -0.3 is 34.7 Å². The van der Waals surface area contributed by atoms with Crippen molar-refractivity contribution in [2.75, 3.05) is 33.0 Å². The molecule has 0 aliphatic heterocycles. The fourth-order valence-electron chi connectivity index (χ4n) is 1.24. The summed E-state index contributed by atoms with van der Waals surface area (Å²) in [5, 5.41) is 69.5. The third-order valence-corrected chi connectivity index (χ3v) is 2.65. The zero-order valence-corrected chi connectivity index (χ0v) is 14.5. The van der Waals surface area contributed by atoms with Crippen LogP contribution in [0.2, 0.25) is 0 Å². The van der Waals surface area contributed by atoms with Crippen molar-refractivity contribution >= 4 is 0 Å². The number of rotatable bonds is 15. The predicted octanol–water partition coefficient (Wildman–Crippen LogP) is -3.26. The fourth-order valence-corrected chi connectivity index (χ4v) is 1.24. The Labute approximate surface area is 162 Å². The van der Waals surface area contributed by atoms with Crippen molar-refractivity contribution in [3.8, 4) is 0 Å². The number of aliphatic hydroxyl groups excluding tert-OH is 3. The van der Waals surface area contributed by atoms with E-state index in [2.05, 4.69) is 19.4 Å². The lowest BCUT2D eigenvalue weighted by Crippen LogP contribution is -2.43. The van der Waals surface area contributed by atoms with Gasteiger partial charge >= 0.3 is 6.23 Å². The molecular weight excluding hydrogens is 438 g/mol. The van der Waals surface area contributed by atoms with Crippen molar-refractivity contribution in [3.63, 3.8) is 0 Å². The van der Waals surface area contributed by atoms with Crippen molar-refractivity contribution in [2.24, 2.45) is 5.41 Å². The Hall–Kier alpha value is -3.92. The van der Waals surface area contributed by atoms with E-state index in [0.717, 1.165) is 0 Å². The molecule has 30 heavy (non-hydrogen) atoms. The number of nitro groups is 1. The van der Waals surface area contributed by atoms with Gasteiger partial charge in [0.05, 0.1) is 16.9 Å². The van der Waals surface area contributed by atoms with E-state index in [1.807, 2.05) is 0 Å². The second-order valence-electron chi connectivity index (χ2n) is 4.94. The lowest BCUT2D eigenvalue weighted by molar-refractivity contribution is -0.792. The molecule has 0 aromatic rings. The molecule has 22 heteroatoms. The largest absolute Gasteiger partial charge is 0.393 e. The third kappa shape index (κ3) is 14.2. The van der Waals surface area contributed by atoms with Gasteiger partial charge in [0.15, 0.2) is 6.10 Å². The molecule has 2 unspecified atom stereocenters. The SMILES string of the molecule is O=[N+]([O-])C(O)C(O)CO.O=[N+]([O-])OCC(CO[N+](=O)[O-])(CO[N+](=O)[O-])CO[N+](=O)[O-]. The monoisotopic (exact) mass is 453 g/mol. The van der Waals surface area contributed by atoms with Crippen molar-refractivity contribution in [3.05, 3.63) is 50.6 Å².